The summed E-state index contributed by atoms with van der Waals surface area (Å²) in [5, 5.41) is 0. The Bertz CT molecular complexity index is 386. The van der Waals surface area contributed by atoms with Crippen LogP contribution in [0.2, 0.25) is 0 Å². The molecule has 0 aliphatic rings. The molecule has 0 heterocycles. The van der Waals surface area contributed by atoms with Crippen LogP contribution in [0.1, 0.15) is 138 Å². The van der Waals surface area contributed by atoms with E-state index in [0.29, 0.717) is 0 Å². The molecule has 0 bridgehead atoms. The number of rotatable bonds is 20. The molecular weight excluding hydrogens is 1270 g/mol. The first-order valence-corrected chi connectivity index (χ1v) is 33.1. The van der Waals surface area contributed by atoms with Crippen LogP contribution in [0.3, 0.4) is 0 Å². The molecule has 0 aromatic carbocycles. The molecular formula is C40H103Br8P5. The van der Waals surface area contributed by atoms with E-state index in [9.17, 15) is 0 Å². The number of hydrogen-bond acceptors (Lipinski definition) is 0. The molecule has 0 nitrogen and oxygen atoms in total. The summed E-state index contributed by atoms with van der Waals surface area (Å²) >= 11 is 0. The maximum Gasteiger partial charge on any atom is 0.0565 e. The fourth-order valence-corrected chi connectivity index (χ4v) is 20.1. The molecule has 0 aromatic heterocycles. The van der Waals surface area contributed by atoms with E-state index in [4.69, 9.17) is 0 Å². The van der Waals surface area contributed by atoms with Crippen molar-refractivity contribution in [2.24, 2.45) is 0 Å². The lowest BCUT2D eigenvalue weighted by Gasteiger charge is -2.20. The highest BCUT2D eigenvalue weighted by atomic mass is 79.9. The Labute approximate surface area is 429 Å². The number of hydrogen-bond donors (Lipinski definition) is 0. The predicted molar refractivity (Wildman–Crippen MR) is 276 cm³/mol. The fourth-order valence-electron chi connectivity index (χ4n) is 6.71. The van der Waals surface area contributed by atoms with Crippen molar-refractivity contribution in [1.82, 2.24) is 0 Å². The van der Waals surface area contributed by atoms with E-state index in [0.717, 1.165) is 0 Å². The van der Waals surface area contributed by atoms with Gasteiger partial charge in [-0.05, 0) is 138 Å². The summed E-state index contributed by atoms with van der Waals surface area (Å²) < 4.78 is 0. The normalized spacial score (nSPS) is 10.2. The van der Waals surface area contributed by atoms with Gasteiger partial charge in [0.05, 0.1) is 123 Å². The van der Waals surface area contributed by atoms with E-state index in [2.05, 4.69) is 138 Å². The molecule has 0 aromatic rings. The Morgan fingerprint density at radius 1 is 0.151 bits per heavy atom. The summed E-state index contributed by atoms with van der Waals surface area (Å²) in [6.45, 7) is 47.0. The lowest BCUT2D eigenvalue weighted by molar-refractivity contribution is -0.00100. The SMILES string of the molecule is Br.Br.Br.CC[P+](CC)(CC)CC.CC[P+](CC)(CC)CC.CC[P+](CC)(CC)CC.CC[P+](CC)(CC)CC.CC[P+](CC)(CC)CC.[Br-].[Br-].[Br-].[Br-].[Br-]. The van der Waals surface area contributed by atoms with Crippen LogP contribution < -0.4 is 84.9 Å². The smallest absolute Gasteiger partial charge is 0.0565 e. The summed E-state index contributed by atoms with van der Waals surface area (Å²) in [5.74, 6) is 0. The highest BCUT2D eigenvalue weighted by Gasteiger charge is 2.30. The van der Waals surface area contributed by atoms with Gasteiger partial charge in [-0.1, -0.05) is 0 Å². The highest BCUT2D eigenvalue weighted by molar-refractivity contribution is 8.93. The van der Waals surface area contributed by atoms with Crippen LogP contribution in [-0.4, -0.2) is 123 Å². The average Bonchev–Trinajstić information content (AvgIpc) is 3.12. The Morgan fingerprint density at radius 2 is 0.189 bits per heavy atom. The number of halogens is 8. The minimum absolute atomic E-state index is 0. The highest BCUT2D eigenvalue weighted by Crippen LogP contribution is 2.59. The Morgan fingerprint density at radius 3 is 0.189 bits per heavy atom. The molecule has 0 radical (unpaired) electrons. The maximum absolute atomic E-state index is 2.35. The van der Waals surface area contributed by atoms with Crippen LogP contribution in [-0.2, 0) is 0 Å². The van der Waals surface area contributed by atoms with Gasteiger partial charge in [-0.15, -0.1) is 50.9 Å². The van der Waals surface area contributed by atoms with Crippen LogP contribution in [0.15, 0.2) is 0 Å². The van der Waals surface area contributed by atoms with Gasteiger partial charge in [0.15, 0.2) is 0 Å². The molecule has 0 rings (SSSR count). The van der Waals surface area contributed by atoms with Gasteiger partial charge in [-0.2, -0.15) is 0 Å². The van der Waals surface area contributed by atoms with Crippen molar-refractivity contribution < 1.29 is 84.9 Å². The topological polar surface area (TPSA) is 0 Å². The first-order valence-electron chi connectivity index (χ1n) is 20.5. The van der Waals surface area contributed by atoms with Gasteiger partial charge in [-0.25, -0.2) is 0 Å². The first-order chi connectivity index (χ1) is 21.2. The minimum atomic E-state index is -0.420. The predicted octanol–water partition coefficient (Wildman–Crippen LogP) is 2.17. The molecule has 0 N–H and O–H groups in total. The molecule has 0 spiro atoms. The van der Waals surface area contributed by atoms with Crippen molar-refractivity contribution in [3.8, 4) is 0 Å². The summed E-state index contributed by atoms with van der Waals surface area (Å²) in [6, 6.07) is 0. The van der Waals surface area contributed by atoms with Gasteiger partial charge in [0.25, 0.3) is 0 Å². The molecule has 0 aliphatic heterocycles. The van der Waals surface area contributed by atoms with Crippen LogP contribution >= 0.6 is 87.3 Å². The lowest BCUT2D eigenvalue weighted by Crippen LogP contribution is -3.00. The Hall–Kier alpha value is 5.99. The third-order valence-electron chi connectivity index (χ3n) is 13.4. The van der Waals surface area contributed by atoms with Gasteiger partial charge in [0.2, 0.25) is 0 Å². The van der Waals surface area contributed by atoms with Gasteiger partial charge in [-0.3, -0.25) is 0 Å². The van der Waals surface area contributed by atoms with Crippen molar-refractivity contribution in [1.29, 1.82) is 0 Å². The van der Waals surface area contributed by atoms with E-state index >= 15 is 0 Å². The van der Waals surface area contributed by atoms with E-state index in [1.54, 1.807) is 0 Å². The molecule has 0 saturated carbocycles. The van der Waals surface area contributed by atoms with Gasteiger partial charge in [0.1, 0.15) is 0 Å². The Kier molecular flexibility index (Phi) is 106. The maximum atomic E-state index is 2.35. The van der Waals surface area contributed by atoms with E-state index in [1.807, 2.05) is 0 Å². The second-order valence-corrected chi connectivity index (χ2v) is 39.1. The standard InChI is InChI=1S/5C8H20P.8BrH/c5*1-5-9(6-2,7-3)8-4;;;;;;;;/h5*5-8H2,1-4H3;8*1H/q5*+1;;;;;;;;/p-5. The van der Waals surface area contributed by atoms with Gasteiger partial charge < -0.3 is 84.9 Å². The van der Waals surface area contributed by atoms with Crippen molar-refractivity contribution in [2.75, 3.05) is 123 Å². The average molecular weight is 1380 g/mol. The van der Waals surface area contributed by atoms with Gasteiger partial charge >= 0.3 is 0 Å². The lowest BCUT2D eigenvalue weighted by atomic mass is 10.9. The van der Waals surface area contributed by atoms with Crippen molar-refractivity contribution in [2.45, 2.75) is 138 Å². The van der Waals surface area contributed by atoms with Crippen molar-refractivity contribution in [3.05, 3.63) is 0 Å². The third-order valence-corrected chi connectivity index (χ3v) is 40.2. The van der Waals surface area contributed by atoms with Crippen LogP contribution in [0.25, 0.3) is 0 Å². The monoisotopic (exact) mass is 1370 g/mol. The van der Waals surface area contributed by atoms with E-state index < -0.39 is 36.3 Å². The molecule has 0 unspecified atom stereocenters. The summed E-state index contributed by atoms with van der Waals surface area (Å²) in [6.07, 6.45) is 29.1. The molecule has 0 saturated heterocycles. The second kappa shape index (κ2) is 60.1. The quantitative estimate of drug-likeness (QED) is 0.164. The largest absolute Gasteiger partial charge is 1.00 e. The summed E-state index contributed by atoms with van der Waals surface area (Å²) in [7, 11) is -2.10. The molecule has 0 atom stereocenters. The molecule has 13 heteroatoms. The van der Waals surface area contributed by atoms with E-state index in [-0.39, 0.29) is 136 Å². The first kappa shape index (κ1) is 93.8. The molecule has 0 aliphatic carbocycles. The van der Waals surface area contributed by atoms with E-state index in [1.165, 1.54) is 123 Å². The van der Waals surface area contributed by atoms with Crippen molar-refractivity contribution in [3.63, 3.8) is 0 Å². The van der Waals surface area contributed by atoms with Crippen LogP contribution in [0, 0.1) is 0 Å². The zero-order valence-electron chi connectivity index (χ0n) is 39.5. The second-order valence-electron chi connectivity index (χ2n) is 13.0. The summed E-state index contributed by atoms with van der Waals surface area (Å²) in [4.78, 5) is 0. The summed E-state index contributed by atoms with van der Waals surface area (Å²) in [5.41, 5.74) is 0. The molecule has 344 valence electrons. The Balaban J connectivity index is -0.0000000331. The molecule has 0 amide bonds. The minimum Gasteiger partial charge on any atom is -1.00 e. The van der Waals surface area contributed by atoms with Crippen molar-refractivity contribution >= 4 is 87.3 Å². The van der Waals surface area contributed by atoms with Crippen LogP contribution in [0.5, 0.6) is 0 Å². The zero-order valence-corrected chi connectivity index (χ0v) is 57.0. The zero-order chi connectivity index (χ0) is 36.6. The molecule has 0 fully saturated rings. The van der Waals surface area contributed by atoms with Gasteiger partial charge in [0, 0.05) is 36.3 Å². The molecule has 53 heavy (non-hydrogen) atoms. The van der Waals surface area contributed by atoms with Crippen LogP contribution in [0.4, 0.5) is 0 Å². The fraction of sp³-hybridized carbons (Fsp3) is 1.00. The third kappa shape index (κ3) is 41.7.